The average Bonchev–Trinajstić information content (AvgIpc) is 2.59. The van der Waals surface area contributed by atoms with Gasteiger partial charge >= 0.3 is 0 Å². The van der Waals surface area contributed by atoms with Gasteiger partial charge < -0.3 is 15.5 Å². The molecular formula is C19H22ClN3OS. The number of anilines is 2. The highest BCUT2D eigenvalue weighted by molar-refractivity contribution is 7.80. The Balaban J connectivity index is 1.99. The zero-order valence-electron chi connectivity index (χ0n) is 14.6. The van der Waals surface area contributed by atoms with Crippen LogP contribution in [0.3, 0.4) is 0 Å². The molecule has 0 aliphatic rings. The van der Waals surface area contributed by atoms with E-state index in [1.165, 1.54) is 0 Å². The van der Waals surface area contributed by atoms with Crippen molar-refractivity contribution in [2.75, 3.05) is 23.7 Å². The third-order valence-corrected chi connectivity index (χ3v) is 4.48. The molecule has 0 saturated carbocycles. The fraction of sp³-hybridized carbons (Fsp3) is 0.263. The molecule has 0 unspecified atom stereocenters. The molecule has 25 heavy (non-hydrogen) atoms. The molecule has 0 aromatic heterocycles. The second-order valence-electron chi connectivity index (χ2n) is 5.60. The van der Waals surface area contributed by atoms with E-state index in [1.807, 2.05) is 51.1 Å². The number of benzene rings is 2. The molecule has 0 aliphatic carbocycles. The number of hydrogen-bond acceptors (Lipinski definition) is 2. The molecule has 0 aliphatic heterocycles. The van der Waals surface area contributed by atoms with E-state index in [0.29, 0.717) is 28.8 Å². The van der Waals surface area contributed by atoms with E-state index in [4.69, 9.17) is 23.8 Å². The van der Waals surface area contributed by atoms with E-state index in [2.05, 4.69) is 10.6 Å². The topological polar surface area (TPSA) is 44.4 Å². The number of rotatable bonds is 5. The van der Waals surface area contributed by atoms with Gasteiger partial charge in [-0.25, -0.2) is 0 Å². The average molecular weight is 376 g/mol. The van der Waals surface area contributed by atoms with E-state index in [9.17, 15) is 4.79 Å². The number of amides is 1. The fourth-order valence-corrected chi connectivity index (χ4v) is 2.77. The van der Waals surface area contributed by atoms with Crippen LogP contribution >= 0.6 is 23.8 Å². The Hall–Kier alpha value is -2.11. The van der Waals surface area contributed by atoms with Gasteiger partial charge in [-0.3, -0.25) is 4.79 Å². The van der Waals surface area contributed by atoms with E-state index in [1.54, 1.807) is 17.0 Å². The highest BCUT2D eigenvalue weighted by Gasteiger charge is 2.12. The van der Waals surface area contributed by atoms with Crippen LogP contribution in [0.2, 0.25) is 5.02 Å². The lowest BCUT2D eigenvalue weighted by atomic mass is 10.2. The number of nitrogens with one attached hydrogen (secondary N) is 2. The first-order valence-corrected chi connectivity index (χ1v) is 8.96. The molecule has 132 valence electrons. The summed E-state index contributed by atoms with van der Waals surface area (Å²) in [4.78, 5) is 14.1. The van der Waals surface area contributed by atoms with Crippen molar-refractivity contribution in [1.29, 1.82) is 0 Å². The normalized spacial score (nSPS) is 10.2. The first-order chi connectivity index (χ1) is 11.9. The molecule has 2 rings (SSSR count). The summed E-state index contributed by atoms with van der Waals surface area (Å²) in [6, 6.07) is 13.0. The summed E-state index contributed by atoms with van der Waals surface area (Å²) in [5, 5.41) is 7.34. The minimum absolute atomic E-state index is 0.0338. The summed E-state index contributed by atoms with van der Waals surface area (Å²) >= 11 is 11.4. The number of halogens is 1. The van der Waals surface area contributed by atoms with Crippen LogP contribution in [-0.4, -0.2) is 29.0 Å². The van der Waals surface area contributed by atoms with E-state index >= 15 is 0 Å². The van der Waals surface area contributed by atoms with Crippen LogP contribution in [0.5, 0.6) is 0 Å². The minimum Gasteiger partial charge on any atom is -0.339 e. The molecule has 0 saturated heterocycles. The van der Waals surface area contributed by atoms with Crippen LogP contribution in [0.15, 0.2) is 42.5 Å². The minimum atomic E-state index is 0.0338. The highest BCUT2D eigenvalue weighted by Crippen LogP contribution is 2.20. The van der Waals surface area contributed by atoms with Gasteiger partial charge in [-0.15, -0.1) is 0 Å². The maximum absolute atomic E-state index is 12.3. The SMILES string of the molecule is CCN(CC)C(=O)c1ccc(NC(=S)Nc2ccc(C)c(Cl)c2)cc1. The standard InChI is InChI=1S/C19H22ClN3OS/c1-4-23(5-2)18(24)14-7-10-15(11-8-14)21-19(25)22-16-9-6-13(3)17(20)12-16/h6-12H,4-5H2,1-3H3,(H2,21,22,25). The summed E-state index contributed by atoms with van der Waals surface area (Å²) in [6.07, 6.45) is 0. The van der Waals surface area contributed by atoms with Crippen molar-refractivity contribution in [1.82, 2.24) is 4.90 Å². The van der Waals surface area contributed by atoms with Gasteiger partial charge in [0.05, 0.1) is 0 Å². The summed E-state index contributed by atoms with van der Waals surface area (Å²) < 4.78 is 0. The first-order valence-electron chi connectivity index (χ1n) is 8.18. The molecule has 2 aromatic carbocycles. The maximum atomic E-state index is 12.3. The summed E-state index contributed by atoms with van der Waals surface area (Å²) in [5.41, 5.74) is 3.31. The van der Waals surface area contributed by atoms with Crippen molar-refractivity contribution in [3.63, 3.8) is 0 Å². The third kappa shape index (κ3) is 5.18. The maximum Gasteiger partial charge on any atom is 0.253 e. The van der Waals surface area contributed by atoms with Crippen LogP contribution in [-0.2, 0) is 0 Å². The zero-order chi connectivity index (χ0) is 18.4. The lowest BCUT2D eigenvalue weighted by Crippen LogP contribution is -2.30. The quantitative estimate of drug-likeness (QED) is 0.726. The molecular weight excluding hydrogens is 354 g/mol. The second-order valence-corrected chi connectivity index (χ2v) is 6.41. The molecule has 2 aromatic rings. The van der Waals surface area contributed by atoms with Crippen molar-refractivity contribution in [3.05, 3.63) is 58.6 Å². The van der Waals surface area contributed by atoms with Crippen LogP contribution in [0, 0.1) is 6.92 Å². The van der Waals surface area contributed by atoms with Crippen LogP contribution < -0.4 is 10.6 Å². The van der Waals surface area contributed by atoms with Gasteiger partial charge in [-0.2, -0.15) is 0 Å². The second kappa shape index (κ2) is 8.83. The Kier molecular flexibility index (Phi) is 6.79. The molecule has 0 atom stereocenters. The van der Waals surface area contributed by atoms with Crippen molar-refractivity contribution in [2.24, 2.45) is 0 Å². The van der Waals surface area contributed by atoms with Crippen molar-refractivity contribution >= 4 is 46.2 Å². The Morgan fingerprint density at radius 2 is 1.60 bits per heavy atom. The van der Waals surface area contributed by atoms with Crippen molar-refractivity contribution in [2.45, 2.75) is 20.8 Å². The number of nitrogens with zero attached hydrogens (tertiary/aromatic N) is 1. The van der Waals surface area contributed by atoms with E-state index in [0.717, 1.165) is 16.9 Å². The van der Waals surface area contributed by atoms with Crippen molar-refractivity contribution in [3.8, 4) is 0 Å². The summed E-state index contributed by atoms with van der Waals surface area (Å²) in [7, 11) is 0. The summed E-state index contributed by atoms with van der Waals surface area (Å²) in [6.45, 7) is 7.28. The van der Waals surface area contributed by atoms with E-state index in [-0.39, 0.29) is 5.91 Å². The lowest BCUT2D eigenvalue weighted by Gasteiger charge is -2.18. The summed E-state index contributed by atoms with van der Waals surface area (Å²) in [5.74, 6) is 0.0338. The lowest BCUT2D eigenvalue weighted by molar-refractivity contribution is 0.0773. The van der Waals surface area contributed by atoms with Crippen LogP contribution in [0.25, 0.3) is 0 Å². The van der Waals surface area contributed by atoms with Gasteiger partial charge in [0, 0.05) is 35.1 Å². The zero-order valence-corrected chi connectivity index (χ0v) is 16.2. The molecule has 4 nitrogen and oxygen atoms in total. The van der Waals surface area contributed by atoms with Gasteiger partial charge in [0.2, 0.25) is 0 Å². The van der Waals surface area contributed by atoms with Crippen LogP contribution in [0.1, 0.15) is 29.8 Å². The Bertz CT molecular complexity index is 758. The molecule has 0 radical (unpaired) electrons. The van der Waals surface area contributed by atoms with Gasteiger partial charge in [0.1, 0.15) is 0 Å². The van der Waals surface area contributed by atoms with Gasteiger partial charge in [0.25, 0.3) is 5.91 Å². The number of aryl methyl sites for hydroxylation is 1. The molecule has 2 N–H and O–H groups in total. The molecule has 6 heteroatoms. The fourth-order valence-electron chi connectivity index (χ4n) is 2.35. The highest BCUT2D eigenvalue weighted by atomic mass is 35.5. The van der Waals surface area contributed by atoms with Crippen LogP contribution in [0.4, 0.5) is 11.4 Å². The third-order valence-electron chi connectivity index (χ3n) is 3.87. The molecule has 0 heterocycles. The number of carbonyl (C=O) groups excluding carboxylic acids is 1. The van der Waals surface area contributed by atoms with Gasteiger partial charge in [-0.1, -0.05) is 17.7 Å². The monoisotopic (exact) mass is 375 g/mol. The number of carbonyl (C=O) groups is 1. The largest absolute Gasteiger partial charge is 0.339 e. The van der Waals surface area contributed by atoms with Gasteiger partial charge in [-0.05, 0) is 75.0 Å². The predicted molar refractivity (Wildman–Crippen MR) is 110 cm³/mol. The van der Waals surface area contributed by atoms with Gasteiger partial charge in [0.15, 0.2) is 5.11 Å². The Morgan fingerprint density at radius 3 is 2.16 bits per heavy atom. The molecule has 0 fully saturated rings. The van der Waals surface area contributed by atoms with E-state index < -0.39 is 0 Å². The Labute approximate surface area is 159 Å². The predicted octanol–water partition coefficient (Wildman–Crippen LogP) is 4.94. The number of thiocarbonyl (C=S) groups is 1. The first kappa shape index (κ1) is 19.2. The number of hydrogen-bond donors (Lipinski definition) is 2. The molecule has 1 amide bonds. The smallest absolute Gasteiger partial charge is 0.253 e. The molecule has 0 bridgehead atoms. The van der Waals surface area contributed by atoms with Crippen molar-refractivity contribution < 1.29 is 4.79 Å². The molecule has 0 spiro atoms. The Morgan fingerprint density at radius 1 is 1.04 bits per heavy atom.